The van der Waals surface area contributed by atoms with Gasteiger partial charge in [0.15, 0.2) is 6.29 Å². The maximum atomic E-state index is 8.80. The summed E-state index contributed by atoms with van der Waals surface area (Å²) in [6.07, 6.45) is -0.170. The minimum absolute atomic E-state index is 0.170. The van der Waals surface area contributed by atoms with Gasteiger partial charge in [-0.05, 0) is 19.8 Å². The largest absolute Gasteiger partial charge is 0.396 e. The van der Waals surface area contributed by atoms with Crippen molar-refractivity contribution in [2.45, 2.75) is 27.1 Å². The Morgan fingerprint density at radius 2 is 1.71 bits per heavy atom. The van der Waals surface area contributed by atoms with Crippen LogP contribution in [0.2, 0.25) is 0 Å². The highest BCUT2D eigenvalue weighted by Gasteiger charge is 2.07. The summed E-state index contributed by atoms with van der Waals surface area (Å²) in [5.74, 6) is 0.277. The minimum atomic E-state index is -0.170. The number of aliphatic hydroxyl groups excluding tert-OH is 1. The summed E-state index contributed by atoms with van der Waals surface area (Å²) in [4.78, 5) is 0. The Bertz CT molecular complexity index is 116. The predicted molar refractivity (Wildman–Crippen MR) is 56.2 cm³/mol. The van der Waals surface area contributed by atoms with Gasteiger partial charge in [0.25, 0.3) is 0 Å². The molecule has 0 radical (unpaired) electrons. The summed E-state index contributed by atoms with van der Waals surface area (Å²) in [5.41, 5.74) is 0. The molecule has 1 atom stereocenters. The summed E-state index contributed by atoms with van der Waals surface area (Å²) in [5, 5.41) is 12.0. The number of nitrogens with one attached hydrogen (secondary N) is 1. The molecule has 0 heterocycles. The maximum Gasteiger partial charge on any atom is 0.169 e. The average molecular weight is 205 g/mol. The molecule has 0 amide bonds. The SMILES string of the molecule is CCOC(CNCC(C)CO)OCC. The highest BCUT2D eigenvalue weighted by molar-refractivity contribution is 4.57. The van der Waals surface area contributed by atoms with E-state index >= 15 is 0 Å². The lowest BCUT2D eigenvalue weighted by molar-refractivity contribution is -0.133. The second kappa shape index (κ2) is 9.40. The van der Waals surface area contributed by atoms with Crippen LogP contribution in [-0.4, -0.2) is 44.3 Å². The summed E-state index contributed by atoms with van der Waals surface area (Å²) in [7, 11) is 0. The van der Waals surface area contributed by atoms with Crippen molar-refractivity contribution in [2.75, 3.05) is 32.9 Å². The van der Waals surface area contributed by atoms with Crippen LogP contribution < -0.4 is 5.32 Å². The van der Waals surface area contributed by atoms with Gasteiger partial charge in [-0.3, -0.25) is 0 Å². The molecule has 1 unspecified atom stereocenters. The fourth-order valence-corrected chi connectivity index (χ4v) is 1.05. The molecule has 0 saturated heterocycles. The number of aliphatic hydroxyl groups is 1. The lowest BCUT2D eigenvalue weighted by Gasteiger charge is -2.18. The van der Waals surface area contributed by atoms with Crippen molar-refractivity contribution in [1.82, 2.24) is 5.32 Å². The van der Waals surface area contributed by atoms with Gasteiger partial charge in [-0.15, -0.1) is 0 Å². The summed E-state index contributed by atoms with van der Waals surface area (Å²) in [6, 6.07) is 0. The molecule has 0 aliphatic rings. The molecule has 0 aromatic rings. The zero-order valence-corrected chi connectivity index (χ0v) is 9.45. The second-order valence-corrected chi connectivity index (χ2v) is 3.29. The first-order valence-electron chi connectivity index (χ1n) is 5.29. The molecule has 0 fully saturated rings. The van der Waals surface area contributed by atoms with E-state index in [9.17, 15) is 0 Å². The summed E-state index contributed by atoms with van der Waals surface area (Å²) < 4.78 is 10.7. The van der Waals surface area contributed by atoms with Crippen LogP contribution in [0.5, 0.6) is 0 Å². The molecule has 0 aromatic carbocycles. The molecule has 86 valence electrons. The monoisotopic (exact) mass is 205 g/mol. The Morgan fingerprint density at radius 1 is 1.14 bits per heavy atom. The van der Waals surface area contributed by atoms with Gasteiger partial charge in [0.2, 0.25) is 0 Å². The molecule has 14 heavy (non-hydrogen) atoms. The lowest BCUT2D eigenvalue weighted by atomic mass is 10.2. The van der Waals surface area contributed by atoms with Crippen molar-refractivity contribution in [3.05, 3.63) is 0 Å². The van der Waals surface area contributed by atoms with Gasteiger partial charge in [-0.25, -0.2) is 0 Å². The molecule has 2 N–H and O–H groups in total. The van der Waals surface area contributed by atoms with Crippen molar-refractivity contribution in [3.63, 3.8) is 0 Å². The Hall–Kier alpha value is -0.160. The first-order valence-corrected chi connectivity index (χ1v) is 5.29. The smallest absolute Gasteiger partial charge is 0.169 e. The van der Waals surface area contributed by atoms with Crippen molar-refractivity contribution in [1.29, 1.82) is 0 Å². The minimum Gasteiger partial charge on any atom is -0.396 e. The van der Waals surface area contributed by atoms with Crippen molar-refractivity contribution < 1.29 is 14.6 Å². The number of rotatable bonds is 9. The fourth-order valence-electron chi connectivity index (χ4n) is 1.05. The Labute approximate surface area is 86.6 Å². The van der Waals surface area contributed by atoms with Gasteiger partial charge in [0.05, 0.1) is 0 Å². The molecule has 0 saturated carbocycles. The van der Waals surface area contributed by atoms with Crippen molar-refractivity contribution in [2.24, 2.45) is 5.92 Å². The zero-order valence-electron chi connectivity index (χ0n) is 9.45. The van der Waals surface area contributed by atoms with Crippen LogP contribution in [0.4, 0.5) is 0 Å². The second-order valence-electron chi connectivity index (χ2n) is 3.29. The average Bonchev–Trinajstić information content (AvgIpc) is 2.18. The maximum absolute atomic E-state index is 8.80. The Morgan fingerprint density at radius 3 is 2.14 bits per heavy atom. The van der Waals surface area contributed by atoms with Gasteiger partial charge in [-0.1, -0.05) is 6.92 Å². The molecule has 0 aliphatic heterocycles. The van der Waals surface area contributed by atoms with Gasteiger partial charge in [0.1, 0.15) is 0 Å². The highest BCUT2D eigenvalue weighted by Crippen LogP contribution is 1.94. The standard InChI is InChI=1S/C10H23NO3/c1-4-13-10(14-5-2)7-11-6-9(3)8-12/h9-12H,4-8H2,1-3H3. The third-order valence-corrected chi connectivity index (χ3v) is 1.82. The van der Waals surface area contributed by atoms with E-state index in [2.05, 4.69) is 5.32 Å². The van der Waals surface area contributed by atoms with E-state index in [1.165, 1.54) is 0 Å². The normalized spacial score (nSPS) is 13.5. The Kier molecular flexibility index (Phi) is 9.29. The molecule has 0 spiro atoms. The Balaban J connectivity index is 3.49. The van der Waals surface area contributed by atoms with Gasteiger partial charge >= 0.3 is 0 Å². The topological polar surface area (TPSA) is 50.7 Å². The molecular formula is C10H23NO3. The number of hydrogen-bond donors (Lipinski definition) is 2. The summed E-state index contributed by atoms with van der Waals surface area (Å²) in [6.45, 7) is 8.86. The van der Waals surface area contributed by atoms with Crippen molar-refractivity contribution in [3.8, 4) is 0 Å². The van der Waals surface area contributed by atoms with Gasteiger partial charge < -0.3 is 19.9 Å². The first kappa shape index (κ1) is 13.8. The van der Waals surface area contributed by atoms with E-state index in [0.717, 1.165) is 6.54 Å². The van der Waals surface area contributed by atoms with Crippen LogP contribution in [-0.2, 0) is 9.47 Å². The molecule has 4 heteroatoms. The van der Waals surface area contributed by atoms with Gasteiger partial charge in [0, 0.05) is 32.9 Å². The first-order chi connectivity index (χ1) is 6.74. The zero-order chi connectivity index (χ0) is 10.8. The predicted octanol–water partition coefficient (Wildman–Crippen LogP) is 0.603. The van der Waals surface area contributed by atoms with E-state index in [-0.39, 0.29) is 18.8 Å². The van der Waals surface area contributed by atoms with E-state index in [0.29, 0.717) is 19.8 Å². The molecule has 0 aromatic heterocycles. The van der Waals surface area contributed by atoms with Gasteiger partial charge in [-0.2, -0.15) is 0 Å². The van der Waals surface area contributed by atoms with Crippen LogP contribution >= 0.6 is 0 Å². The highest BCUT2D eigenvalue weighted by atomic mass is 16.7. The van der Waals surface area contributed by atoms with E-state index in [4.69, 9.17) is 14.6 Å². The number of hydrogen-bond acceptors (Lipinski definition) is 4. The van der Waals surface area contributed by atoms with Crippen LogP contribution in [0.1, 0.15) is 20.8 Å². The third kappa shape index (κ3) is 7.26. The molecule has 4 nitrogen and oxygen atoms in total. The summed E-state index contributed by atoms with van der Waals surface area (Å²) >= 11 is 0. The molecule has 0 bridgehead atoms. The van der Waals surface area contributed by atoms with Crippen LogP contribution in [0.3, 0.4) is 0 Å². The fraction of sp³-hybridized carbons (Fsp3) is 1.00. The third-order valence-electron chi connectivity index (χ3n) is 1.82. The number of ether oxygens (including phenoxy) is 2. The van der Waals surface area contributed by atoms with E-state index in [1.54, 1.807) is 0 Å². The van der Waals surface area contributed by atoms with Crippen LogP contribution in [0, 0.1) is 5.92 Å². The quantitative estimate of drug-likeness (QED) is 0.541. The van der Waals surface area contributed by atoms with Crippen LogP contribution in [0.25, 0.3) is 0 Å². The molecule has 0 aliphatic carbocycles. The molecule has 0 rings (SSSR count). The van der Waals surface area contributed by atoms with Crippen molar-refractivity contribution >= 4 is 0 Å². The molecular weight excluding hydrogens is 182 g/mol. The van der Waals surface area contributed by atoms with E-state index in [1.807, 2.05) is 20.8 Å². The van der Waals surface area contributed by atoms with Crippen LogP contribution in [0.15, 0.2) is 0 Å². The lowest BCUT2D eigenvalue weighted by Crippen LogP contribution is -2.34. The van der Waals surface area contributed by atoms with E-state index < -0.39 is 0 Å².